The molecule has 1 heterocycles. The van der Waals surface area contributed by atoms with Crippen LogP contribution in [-0.4, -0.2) is 27.5 Å². The zero-order valence-electron chi connectivity index (χ0n) is 9.81. The Morgan fingerprint density at radius 3 is 2.88 bits per heavy atom. The second-order valence-electron chi connectivity index (χ2n) is 4.48. The third-order valence-corrected chi connectivity index (χ3v) is 4.78. The van der Waals surface area contributed by atoms with Gasteiger partial charge in [0, 0.05) is 16.7 Å². The minimum atomic E-state index is 0.450. The van der Waals surface area contributed by atoms with Gasteiger partial charge in [0.1, 0.15) is 12.1 Å². The molecule has 0 bridgehead atoms. The summed E-state index contributed by atoms with van der Waals surface area (Å²) in [4.78, 5) is 8.61. The highest BCUT2D eigenvalue weighted by atomic mass is 32.2. The van der Waals surface area contributed by atoms with Gasteiger partial charge in [-0.05, 0) is 31.2 Å². The Labute approximate surface area is 105 Å². The number of fused-ring (bicyclic) bond motifs is 1. The van der Waals surface area contributed by atoms with Gasteiger partial charge < -0.3 is 5.32 Å². The molecule has 0 aliphatic heterocycles. The van der Waals surface area contributed by atoms with Crippen LogP contribution in [0.5, 0.6) is 0 Å². The Bertz CT molecular complexity index is 532. The highest BCUT2D eigenvalue weighted by Gasteiger charge is 2.41. The van der Waals surface area contributed by atoms with Crippen LogP contribution in [-0.2, 0) is 0 Å². The van der Waals surface area contributed by atoms with Crippen molar-refractivity contribution in [3.05, 3.63) is 30.6 Å². The number of aromatic nitrogens is 2. The molecule has 1 aliphatic rings. The van der Waals surface area contributed by atoms with Crippen molar-refractivity contribution in [3.63, 3.8) is 0 Å². The summed E-state index contributed by atoms with van der Waals surface area (Å²) in [5.41, 5.74) is 0.999. The quantitative estimate of drug-likeness (QED) is 0.898. The van der Waals surface area contributed by atoms with E-state index in [4.69, 9.17) is 0 Å². The molecular weight excluding hydrogens is 230 g/mol. The molecule has 1 aliphatic carbocycles. The maximum Gasteiger partial charge on any atom is 0.137 e. The Morgan fingerprint density at radius 2 is 2.12 bits per heavy atom. The molecule has 0 atom stereocenters. The summed E-state index contributed by atoms with van der Waals surface area (Å²) in [5, 5.41) is 4.57. The van der Waals surface area contributed by atoms with E-state index in [0.29, 0.717) is 4.75 Å². The van der Waals surface area contributed by atoms with Crippen LogP contribution < -0.4 is 5.32 Å². The molecule has 1 aromatic carbocycles. The number of rotatable bonds is 4. The zero-order valence-corrected chi connectivity index (χ0v) is 10.6. The normalized spacial score (nSPS) is 17.0. The number of benzene rings is 1. The zero-order chi connectivity index (χ0) is 11.7. The van der Waals surface area contributed by atoms with Gasteiger partial charge in [-0.3, -0.25) is 0 Å². The highest BCUT2D eigenvalue weighted by molar-refractivity contribution is 8.00. The van der Waals surface area contributed by atoms with Crippen molar-refractivity contribution in [2.45, 2.75) is 17.6 Å². The molecular formula is C13H15N3S. The largest absolute Gasteiger partial charge is 0.368 e. The van der Waals surface area contributed by atoms with E-state index in [1.54, 1.807) is 6.33 Å². The fourth-order valence-electron chi connectivity index (χ4n) is 1.98. The van der Waals surface area contributed by atoms with Gasteiger partial charge in [-0.15, -0.1) is 0 Å². The molecule has 1 N–H and O–H groups in total. The number of nitrogens with zero attached hydrogens (tertiary/aromatic N) is 2. The lowest BCUT2D eigenvalue weighted by molar-refractivity contribution is 0.941. The van der Waals surface area contributed by atoms with Crippen molar-refractivity contribution in [3.8, 4) is 0 Å². The van der Waals surface area contributed by atoms with Crippen LogP contribution >= 0.6 is 11.8 Å². The second-order valence-corrected chi connectivity index (χ2v) is 5.75. The van der Waals surface area contributed by atoms with Crippen LogP contribution in [0, 0.1) is 0 Å². The number of thioether (sulfide) groups is 1. The topological polar surface area (TPSA) is 37.8 Å². The Kier molecular flexibility index (Phi) is 2.67. The molecule has 1 fully saturated rings. The molecule has 0 radical (unpaired) electrons. The maximum absolute atomic E-state index is 4.34. The van der Waals surface area contributed by atoms with Gasteiger partial charge in [-0.2, -0.15) is 11.8 Å². The van der Waals surface area contributed by atoms with Crippen LogP contribution in [0.1, 0.15) is 12.8 Å². The summed E-state index contributed by atoms with van der Waals surface area (Å²) in [6, 6.07) is 8.11. The van der Waals surface area contributed by atoms with Crippen LogP contribution in [0.3, 0.4) is 0 Å². The Balaban J connectivity index is 1.85. The van der Waals surface area contributed by atoms with Crippen molar-refractivity contribution in [2.75, 3.05) is 18.1 Å². The average molecular weight is 245 g/mol. The van der Waals surface area contributed by atoms with E-state index in [-0.39, 0.29) is 0 Å². The summed E-state index contributed by atoms with van der Waals surface area (Å²) in [6.07, 6.45) is 6.43. The number of nitrogens with one attached hydrogen (secondary N) is 1. The molecule has 3 nitrogen and oxygen atoms in total. The second kappa shape index (κ2) is 4.18. The number of para-hydroxylation sites is 1. The first-order valence-corrected chi connectivity index (χ1v) is 7.04. The van der Waals surface area contributed by atoms with E-state index >= 15 is 0 Å². The van der Waals surface area contributed by atoms with Gasteiger partial charge in [0.15, 0.2) is 0 Å². The third-order valence-electron chi connectivity index (χ3n) is 3.36. The van der Waals surface area contributed by atoms with Gasteiger partial charge in [0.05, 0.1) is 5.52 Å². The monoisotopic (exact) mass is 245 g/mol. The summed E-state index contributed by atoms with van der Waals surface area (Å²) >= 11 is 1.96. The van der Waals surface area contributed by atoms with Crippen molar-refractivity contribution < 1.29 is 0 Å². The number of hydrogen-bond acceptors (Lipinski definition) is 4. The molecule has 1 saturated carbocycles. The molecule has 0 spiro atoms. The van der Waals surface area contributed by atoms with E-state index < -0.39 is 0 Å². The van der Waals surface area contributed by atoms with Gasteiger partial charge in [0.25, 0.3) is 0 Å². The SMILES string of the molecule is CSC1(CNc2ncnc3ccccc23)CC1. The first kappa shape index (κ1) is 10.8. The van der Waals surface area contributed by atoms with E-state index in [9.17, 15) is 0 Å². The molecule has 2 aromatic rings. The first-order chi connectivity index (χ1) is 8.33. The summed E-state index contributed by atoms with van der Waals surface area (Å²) < 4.78 is 0.450. The third kappa shape index (κ3) is 2.09. The van der Waals surface area contributed by atoms with E-state index in [1.807, 2.05) is 30.0 Å². The summed E-state index contributed by atoms with van der Waals surface area (Å²) in [6.45, 7) is 0.995. The number of hydrogen-bond donors (Lipinski definition) is 1. The van der Waals surface area contributed by atoms with Crippen LogP contribution in [0.15, 0.2) is 30.6 Å². The predicted molar refractivity (Wildman–Crippen MR) is 73.5 cm³/mol. The van der Waals surface area contributed by atoms with E-state index in [0.717, 1.165) is 23.3 Å². The van der Waals surface area contributed by atoms with Crippen molar-refractivity contribution in [1.29, 1.82) is 0 Å². The molecule has 0 amide bonds. The van der Waals surface area contributed by atoms with Crippen LogP contribution in [0.2, 0.25) is 0 Å². The van der Waals surface area contributed by atoms with Crippen molar-refractivity contribution in [2.24, 2.45) is 0 Å². The average Bonchev–Trinajstić information content (AvgIpc) is 3.17. The van der Waals surface area contributed by atoms with Gasteiger partial charge >= 0.3 is 0 Å². The van der Waals surface area contributed by atoms with Gasteiger partial charge in [0.2, 0.25) is 0 Å². The fraction of sp³-hybridized carbons (Fsp3) is 0.385. The minimum absolute atomic E-state index is 0.450. The molecule has 1 aromatic heterocycles. The molecule has 0 unspecified atom stereocenters. The smallest absolute Gasteiger partial charge is 0.137 e. The van der Waals surface area contributed by atoms with Crippen LogP contribution in [0.25, 0.3) is 10.9 Å². The van der Waals surface area contributed by atoms with Crippen molar-refractivity contribution in [1.82, 2.24) is 9.97 Å². The molecule has 3 rings (SSSR count). The number of anilines is 1. The van der Waals surface area contributed by atoms with Gasteiger partial charge in [-0.25, -0.2) is 9.97 Å². The molecule has 4 heteroatoms. The lowest BCUT2D eigenvalue weighted by atomic mass is 10.2. The van der Waals surface area contributed by atoms with Crippen molar-refractivity contribution >= 4 is 28.5 Å². The lowest BCUT2D eigenvalue weighted by Gasteiger charge is -2.14. The minimum Gasteiger partial charge on any atom is -0.368 e. The molecule has 88 valence electrons. The maximum atomic E-state index is 4.34. The fourth-order valence-corrected chi connectivity index (χ4v) is 2.71. The van der Waals surface area contributed by atoms with Crippen LogP contribution in [0.4, 0.5) is 5.82 Å². The van der Waals surface area contributed by atoms with E-state index in [2.05, 4.69) is 27.6 Å². The highest BCUT2D eigenvalue weighted by Crippen LogP contribution is 2.47. The predicted octanol–water partition coefficient (Wildman–Crippen LogP) is 2.94. The molecule has 17 heavy (non-hydrogen) atoms. The Hall–Kier alpha value is -1.29. The lowest BCUT2D eigenvalue weighted by Crippen LogP contribution is -2.18. The summed E-state index contributed by atoms with van der Waals surface area (Å²) in [5.74, 6) is 0.955. The summed E-state index contributed by atoms with van der Waals surface area (Å²) in [7, 11) is 0. The van der Waals surface area contributed by atoms with Gasteiger partial charge in [-0.1, -0.05) is 12.1 Å². The standard InChI is InChI=1S/C13H15N3S/c1-17-13(6-7-13)8-14-12-10-4-2-3-5-11(10)15-9-16-12/h2-5,9H,6-8H2,1H3,(H,14,15,16). The first-order valence-electron chi connectivity index (χ1n) is 5.82. The Morgan fingerprint density at radius 1 is 1.29 bits per heavy atom. The van der Waals surface area contributed by atoms with E-state index in [1.165, 1.54) is 12.8 Å². The molecule has 0 saturated heterocycles.